The molecule has 0 amide bonds. The fraction of sp³-hybridized carbons (Fsp3) is 0.450. The molecule has 0 unspecified atom stereocenters. The maximum Gasteiger partial charge on any atom is 0.263 e. The molecule has 1 aliphatic rings. The number of ether oxygens (including phenoxy) is 1. The van der Waals surface area contributed by atoms with Crippen molar-refractivity contribution in [2.24, 2.45) is 0 Å². The van der Waals surface area contributed by atoms with Gasteiger partial charge in [-0.1, -0.05) is 18.7 Å². The van der Waals surface area contributed by atoms with Crippen molar-refractivity contribution >= 4 is 39.1 Å². The van der Waals surface area contributed by atoms with Gasteiger partial charge in [-0.3, -0.25) is 14.2 Å². The van der Waals surface area contributed by atoms with Gasteiger partial charge in [0.25, 0.3) is 5.56 Å². The minimum Gasteiger partial charge on any atom is -0.376 e. The summed E-state index contributed by atoms with van der Waals surface area (Å²) in [6.07, 6.45) is 4.52. The Labute approximate surface area is 171 Å². The minimum atomic E-state index is -0.0171. The molecule has 3 aromatic heterocycles. The van der Waals surface area contributed by atoms with Gasteiger partial charge in [-0.15, -0.1) is 11.3 Å². The fourth-order valence-corrected chi connectivity index (χ4v) is 5.68. The molecule has 1 aliphatic heterocycles. The standard InChI is InChI=1S/C20H23N3O3S2/c1-3-14-12(2)28-18-17(14)19(25)23(10-13-6-5-9-26-13)20(22-18)27-11-16(24)15-7-4-8-21-15/h4,7-8,13,21H,3,5-6,9-11H2,1-2H3/t13-/m1/s1. The Morgan fingerprint density at radius 2 is 2.36 bits per heavy atom. The second-order valence-electron chi connectivity index (χ2n) is 6.91. The van der Waals surface area contributed by atoms with E-state index in [4.69, 9.17) is 9.72 Å². The summed E-state index contributed by atoms with van der Waals surface area (Å²) in [4.78, 5) is 35.4. The number of Topliss-reactive ketones (excluding diaryl/α,β-unsaturated/α-hetero) is 1. The van der Waals surface area contributed by atoms with Crippen molar-refractivity contribution in [3.05, 3.63) is 44.8 Å². The van der Waals surface area contributed by atoms with Gasteiger partial charge in [0.05, 0.1) is 29.5 Å². The molecule has 0 aromatic carbocycles. The van der Waals surface area contributed by atoms with E-state index in [0.29, 0.717) is 17.4 Å². The Hall–Kier alpha value is -1.90. The van der Waals surface area contributed by atoms with Crippen LogP contribution in [0, 0.1) is 6.92 Å². The first-order chi connectivity index (χ1) is 13.6. The van der Waals surface area contributed by atoms with Crippen molar-refractivity contribution in [2.75, 3.05) is 12.4 Å². The van der Waals surface area contributed by atoms with Crippen molar-refractivity contribution in [2.45, 2.75) is 50.9 Å². The lowest BCUT2D eigenvalue weighted by molar-refractivity contribution is 0.0937. The van der Waals surface area contributed by atoms with E-state index < -0.39 is 0 Å². The van der Waals surface area contributed by atoms with Gasteiger partial charge >= 0.3 is 0 Å². The number of aryl methyl sites for hydroxylation is 2. The number of hydrogen-bond donors (Lipinski definition) is 1. The lowest BCUT2D eigenvalue weighted by Crippen LogP contribution is -2.29. The van der Waals surface area contributed by atoms with Crippen LogP contribution in [0.1, 0.15) is 40.7 Å². The molecule has 148 valence electrons. The van der Waals surface area contributed by atoms with E-state index in [1.54, 1.807) is 34.2 Å². The molecule has 6 nitrogen and oxygen atoms in total. The monoisotopic (exact) mass is 417 g/mol. The number of carbonyl (C=O) groups excluding carboxylic acids is 1. The summed E-state index contributed by atoms with van der Waals surface area (Å²) in [5, 5.41) is 1.32. The van der Waals surface area contributed by atoms with Crippen molar-refractivity contribution < 1.29 is 9.53 Å². The number of fused-ring (bicyclic) bond motifs is 1. The minimum absolute atomic E-state index is 0.00961. The van der Waals surface area contributed by atoms with Gasteiger partial charge in [-0.05, 0) is 43.9 Å². The van der Waals surface area contributed by atoms with Gasteiger partial charge in [0.1, 0.15) is 4.83 Å². The lowest BCUT2D eigenvalue weighted by atomic mass is 10.1. The quantitative estimate of drug-likeness (QED) is 0.359. The van der Waals surface area contributed by atoms with Crippen molar-refractivity contribution in [1.29, 1.82) is 0 Å². The Kier molecular flexibility index (Phi) is 5.70. The van der Waals surface area contributed by atoms with Gasteiger partial charge in [0.15, 0.2) is 10.9 Å². The van der Waals surface area contributed by atoms with Crippen LogP contribution in [0.3, 0.4) is 0 Å². The maximum absolute atomic E-state index is 13.4. The number of thioether (sulfide) groups is 1. The van der Waals surface area contributed by atoms with Gasteiger partial charge in [0, 0.05) is 17.7 Å². The van der Waals surface area contributed by atoms with Gasteiger partial charge in [-0.2, -0.15) is 0 Å². The number of aromatic nitrogens is 3. The van der Waals surface area contributed by atoms with E-state index in [-0.39, 0.29) is 23.2 Å². The SMILES string of the molecule is CCc1c(C)sc2nc(SCC(=O)c3ccc[nH]3)n(C[C@H]3CCCO3)c(=O)c12. The van der Waals surface area contributed by atoms with Crippen molar-refractivity contribution in [3.8, 4) is 0 Å². The zero-order valence-corrected chi connectivity index (χ0v) is 17.6. The summed E-state index contributed by atoms with van der Waals surface area (Å²) >= 11 is 2.88. The Bertz CT molecular complexity index is 1050. The third-order valence-electron chi connectivity index (χ3n) is 5.07. The normalized spacial score (nSPS) is 16.9. The van der Waals surface area contributed by atoms with Crippen molar-refractivity contribution in [3.63, 3.8) is 0 Å². The molecule has 0 aliphatic carbocycles. The van der Waals surface area contributed by atoms with Crippen LogP contribution < -0.4 is 5.56 Å². The number of carbonyl (C=O) groups is 1. The molecule has 4 rings (SSSR count). The highest BCUT2D eigenvalue weighted by molar-refractivity contribution is 7.99. The predicted molar refractivity (Wildman–Crippen MR) is 113 cm³/mol. The smallest absolute Gasteiger partial charge is 0.263 e. The van der Waals surface area contributed by atoms with E-state index in [9.17, 15) is 9.59 Å². The highest BCUT2D eigenvalue weighted by Gasteiger charge is 2.23. The fourth-order valence-electron chi connectivity index (χ4n) is 3.63. The summed E-state index contributed by atoms with van der Waals surface area (Å²) in [6, 6.07) is 3.56. The van der Waals surface area contributed by atoms with Crippen LogP contribution in [0.5, 0.6) is 0 Å². The highest BCUT2D eigenvalue weighted by atomic mass is 32.2. The molecule has 3 aromatic rings. The average molecular weight is 418 g/mol. The molecule has 1 N–H and O–H groups in total. The molecule has 28 heavy (non-hydrogen) atoms. The maximum atomic E-state index is 13.4. The number of aromatic amines is 1. The highest BCUT2D eigenvalue weighted by Crippen LogP contribution is 2.30. The zero-order valence-electron chi connectivity index (χ0n) is 16.0. The molecule has 0 spiro atoms. The topological polar surface area (TPSA) is 77.0 Å². The predicted octanol–water partition coefficient (Wildman–Crippen LogP) is 3.81. The molecule has 0 radical (unpaired) electrons. The van der Waals surface area contributed by atoms with E-state index in [0.717, 1.165) is 46.5 Å². The van der Waals surface area contributed by atoms with Crippen LogP contribution in [-0.2, 0) is 17.7 Å². The Morgan fingerprint density at radius 3 is 3.04 bits per heavy atom. The van der Waals surface area contributed by atoms with E-state index in [1.807, 2.05) is 6.92 Å². The first-order valence-electron chi connectivity index (χ1n) is 9.52. The number of hydrogen-bond acceptors (Lipinski definition) is 6. The second kappa shape index (κ2) is 8.23. The number of H-pyrrole nitrogens is 1. The number of nitrogens with zero attached hydrogens (tertiary/aromatic N) is 2. The number of nitrogens with one attached hydrogen (secondary N) is 1. The summed E-state index contributed by atoms with van der Waals surface area (Å²) in [7, 11) is 0. The van der Waals surface area contributed by atoms with Crippen LogP contribution in [-0.4, -0.2) is 38.8 Å². The third-order valence-corrected chi connectivity index (χ3v) is 7.09. The van der Waals surface area contributed by atoms with Crippen molar-refractivity contribution in [1.82, 2.24) is 14.5 Å². The average Bonchev–Trinajstić information content (AvgIpc) is 3.43. The van der Waals surface area contributed by atoms with E-state index in [1.165, 1.54) is 11.8 Å². The zero-order chi connectivity index (χ0) is 19.7. The lowest BCUT2D eigenvalue weighted by Gasteiger charge is -2.15. The molecule has 1 fully saturated rings. The third kappa shape index (κ3) is 3.68. The summed E-state index contributed by atoms with van der Waals surface area (Å²) in [6.45, 7) is 5.33. The van der Waals surface area contributed by atoms with Crippen LogP contribution in [0.15, 0.2) is 28.3 Å². The summed E-state index contributed by atoms with van der Waals surface area (Å²) in [5.41, 5.74) is 1.64. The Balaban J connectivity index is 1.72. The summed E-state index contributed by atoms with van der Waals surface area (Å²) in [5.74, 6) is 0.222. The Morgan fingerprint density at radius 1 is 1.50 bits per heavy atom. The second-order valence-corrected chi connectivity index (χ2v) is 9.06. The molecule has 1 saturated heterocycles. The van der Waals surface area contributed by atoms with Crippen LogP contribution in [0.2, 0.25) is 0 Å². The van der Waals surface area contributed by atoms with Crippen LogP contribution in [0.4, 0.5) is 0 Å². The van der Waals surface area contributed by atoms with E-state index in [2.05, 4.69) is 11.9 Å². The van der Waals surface area contributed by atoms with E-state index >= 15 is 0 Å². The van der Waals surface area contributed by atoms with Gasteiger partial charge in [-0.25, -0.2) is 4.98 Å². The first-order valence-corrected chi connectivity index (χ1v) is 11.3. The molecular formula is C20H23N3O3S2. The molecule has 0 bridgehead atoms. The molecule has 4 heterocycles. The number of rotatable bonds is 7. The molecular weight excluding hydrogens is 394 g/mol. The van der Waals surface area contributed by atoms with Gasteiger partial charge in [0.2, 0.25) is 0 Å². The van der Waals surface area contributed by atoms with Crippen LogP contribution >= 0.6 is 23.1 Å². The van der Waals surface area contributed by atoms with Gasteiger partial charge < -0.3 is 9.72 Å². The molecule has 0 saturated carbocycles. The van der Waals surface area contributed by atoms with Crippen LogP contribution in [0.25, 0.3) is 10.2 Å². The number of thiophene rings is 1. The first kappa shape index (κ1) is 19.4. The molecule has 1 atom stereocenters. The number of ketones is 1. The molecule has 8 heteroatoms. The summed E-state index contributed by atoms with van der Waals surface area (Å²) < 4.78 is 7.48. The largest absolute Gasteiger partial charge is 0.376 e.